The summed E-state index contributed by atoms with van der Waals surface area (Å²) in [5.74, 6) is 0.605. The molecule has 2 N–H and O–H groups in total. The summed E-state index contributed by atoms with van der Waals surface area (Å²) >= 11 is 5.17. The van der Waals surface area contributed by atoms with Gasteiger partial charge in [-0.05, 0) is 24.7 Å². The summed E-state index contributed by atoms with van der Waals surface area (Å²) in [6.45, 7) is 3.25. The summed E-state index contributed by atoms with van der Waals surface area (Å²) < 4.78 is 10.0. The van der Waals surface area contributed by atoms with Crippen molar-refractivity contribution in [1.29, 1.82) is 0 Å². The number of hydrogen-bond acceptors (Lipinski definition) is 4. The molecule has 6 heteroatoms. The fourth-order valence-electron chi connectivity index (χ4n) is 1.39. The number of hydrogen-bond donors (Lipinski definition) is 2. The van der Waals surface area contributed by atoms with Crippen LogP contribution in [0.4, 0.5) is 0 Å². The molecule has 100 valence electrons. The van der Waals surface area contributed by atoms with Gasteiger partial charge in [-0.15, -0.1) is 0 Å². The van der Waals surface area contributed by atoms with Crippen LogP contribution >= 0.6 is 12.2 Å². The van der Waals surface area contributed by atoms with Gasteiger partial charge in [0.05, 0.1) is 13.7 Å². The van der Waals surface area contributed by atoms with E-state index in [1.54, 1.807) is 20.4 Å². The number of pyridine rings is 1. The first-order valence-electron chi connectivity index (χ1n) is 5.68. The van der Waals surface area contributed by atoms with E-state index in [1.165, 1.54) is 0 Å². The molecule has 1 aromatic heterocycles. The predicted molar refractivity (Wildman–Crippen MR) is 74.7 cm³/mol. The lowest BCUT2D eigenvalue weighted by molar-refractivity contribution is 0.179. The average Bonchev–Trinajstić information content (AvgIpc) is 2.37. The number of rotatable bonds is 6. The zero-order valence-electron chi connectivity index (χ0n) is 10.9. The Hall–Kier alpha value is -1.40. The summed E-state index contributed by atoms with van der Waals surface area (Å²) in [5.41, 5.74) is 1.04. The van der Waals surface area contributed by atoms with Gasteiger partial charge in [-0.2, -0.15) is 0 Å². The first kappa shape index (κ1) is 14.7. The summed E-state index contributed by atoms with van der Waals surface area (Å²) in [6, 6.07) is 3.95. The van der Waals surface area contributed by atoms with Gasteiger partial charge in [0.2, 0.25) is 5.88 Å². The van der Waals surface area contributed by atoms with Crippen LogP contribution in [0.25, 0.3) is 0 Å². The monoisotopic (exact) mass is 269 g/mol. The minimum absolute atomic E-state index is 0.184. The highest BCUT2D eigenvalue weighted by Crippen LogP contribution is 2.05. The molecule has 0 fully saturated rings. The van der Waals surface area contributed by atoms with E-state index in [0.717, 1.165) is 5.56 Å². The van der Waals surface area contributed by atoms with Gasteiger partial charge in [-0.3, -0.25) is 0 Å². The molecule has 0 aliphatic heterocycles. The zero-order chi connectivity index (χ0) is 13.4. The van der Waals surface area contributed by atoms with E-state index in [2.05, 4.69) is 15.6 Å². The molecule has 5 nitrogen and oxygen atoms in total. The smallest absolute Gasteiger partial charge is 0.212 e. The molecule has 1 atom stereocenters. The van der Waals surface area contributed by atoms with E-state index in [9.17, 15) is 0 Å². The van der Waals surface area contributed by atoms with E-state index < -0.39 is 0 Å². The van der Waals surface area contributed by atoms with Gasteiger partial charge < -0.3 is 20.1 Å². The summed E-state index contributed by atoms with van der Waals surface area (Å²) in [6.07, 6.45) is 1.76. The third kappa shape index (κ3) is 5.29. The van der Waals surface area contributed by atoms with Crippen molar-refractivity contribution >= 4 is 17.3 Å². The van der Waals surface area contributed by atoms with Crippen molar-refractivity contribution in [2.45, 2.75) is 19.5 Å². The third-order valence-electron chi connectivity index (χ3n) is 2.25. The topological polar surface area (TPSA) is 55.4 Å². The van der Waals surface area contributed by atoms with Crippen LogP contribution in [0.5, 0.6) is 5.88 Å². The third-order valence-corrected chi connectivity index (χ3v) is 2.52. The van der Waals surface area contributed by atoms with E-state index in [4.69, 9.17) is 21.7 Å². The molecule has 1 unspecified atom stereocenters. The highest BCUT2D eigenvalue weighted by atomic mass is 32.1. The molecule has 0 saturated heterocycles. The Bertz CT molecular complexity index is 370. The fraction of sp³-hybridized carbons (Fsp3) is 0.500. The van der Waals surface area contributed by atoms with E-state index in [0.29, 0.717) is 24.1 Å². The Balaban J connectivity index is 2.33. The quantitative estimate of drug-likeness (QED) is 0.754. The second-order valence-electron chi connectivity index (χ2n) is 3.89. The molecule has 1 rings (SSSR count). The molecule has 0 radical (unpaired) electrons. The fourth-order valence-corrected chi connectivity index (χ4v) is 1.66. The molecular weight excluding hydrogens is 250 g/mol. The molecule has 0 aliphatic rings. The Morgan fingerprint density at radius 3 is 2.78 bits per heavy atom. The Labute approximate surface area is 113 Å². The average molecular weight is 269 g/mol. The van der Waals surface area contributed by atoms with Crippen LogP contribution in [0.3, 0.4) is 0 Å². The van der Waals surface area contributed by atoms with Gasteiger partial charge in [0.25, 0.3) is 0 Å². The van der Waals surface area contributed by atoms with Gasteiger partial charge in [0.1, 0.15) is 0 Å². The Morgan fingerprint density at radius 1 is 1.44 bits per heavy atom. The maximum absolute atomic E-state index is 5.17. The molecule has 0 amide bonds. The van der Waals surface area contributed by atoms with Crippen LogP contribution < -0.4 is 15.4 Å². The van der Waals surface area contributed by atoms with Crippen LogP contribution in [0.1, 0.15) is 12.5 Å². The molecule has 1 heterocycles. The minimum Gasteiger partial charge on any atom is -0.481 e. The maximum atomic E-state index is 5.17. The lowest BCUT2D eigenvalue weighted by atomic mass is 10.3. The van der Waals surface area contributed by atoms with Crippen molar-refractivity contribution in [3.63, 3.8) is 0 Å². The van der Waals surface area contributed by atoms with Gasteiger partial charge in [-0.25, -0.2) is 4.98 Å². The van der Waals surface area contributed by atoms with Crippen molar-refractivity contribution < 1.29 is 9.47 Å². The van der Waals surface area contributed by atoms with Crippen molar-refractivity contribution in [2.24, 2.45) is 0 Å². The van der Waals surface area contributed by atoms with Gasteiger partial charge in [0.15, 0.2) is 5.11 Å². The molecule has 18 heavy (non-hydrogen) atoms. The standard InChI is InChI=1S/C12H19N3O2S/c1-9(8-16-2)15-12(18)14-7-10-4-5-11(17-3)13-6-10/h4-6,9H,7-8H2,1-3H3,(H2,14,15,18). The molecule has 1 aromatic rings. The van der Waals surface area contributed by atoms with E-state index in [1.807, 2.05) is 19.1 Å². The van der Waals surface area contributed by atoms with E-state index in [-0.39, 0.29) is 6.04 Å². The van der Waals surface area contributed by atoms with Crippen molar-refractivity contribution in [2.75, 3.05) is 20.8 Å². The van der Waals surface area contributed by atoms with Gasteiger partial charge >= 0.3 is 0 Å². The number of nitrogens with one attached hydrogen (secondary N) is 2. The number of ether oxygens (including phenoxy) is 2. The maximum Gasteiger partial charge on any atom is 0.212 e. The van der Waals surface area contributed by atoms with Crippen LogP contribution in [-0.2, 0) is 11.3 Å². The molecule has 0 bridgehead atoms. The SMILES string of the molecule is COCC(C)NC(=S)NCc1ccc(OC)nc1. The highest BCUT2D eigenvalue weighted by molar-refractivity contribution is 7.80. The zero-order valence-corrected chi connectivity index (χ0v) is 11.7. The number of thiocarbonyl (C=S) groups is 1. The lowest BCUT2D eigenvalue weighted by Gasteiger charge is -2.16. The molecule has 0 spiro atoms. The van der Waals surface area contributed by atoms with Crippen LogP contribution in [-0.4, -0.2) is 37.0 Å². The molecule has 0 aromatic carbocycles. The number of aromatic nitrogens is 1. The lowest BCUT2D eigenvalue weighted by Crippen LogP contribution is -2.42. The molecular formula is C12H19N3O2S. The van der Waals surface area contributed by atoms with Gasteiger partial charge in [-0.1, -0.05) is 6.07 Å². The van der Waals surface area contributed by atoms with Crippen LogP contribution in [0.2, 0.25) is 0 Å². The van der Waals surface area contributed by atoms with Gasteiger partial charge in [0, 0.05) is 32.0 Å². The second kappa shape index (κ2) is 7.84. The second-order valence-corrected chi connectivity index (χ2v) is 4.30. The van der Waals surface area contributed by atoms with Crippen molar-refractivity contribution in [3.05, 3.63) is 23.9 Å². The largest absolute Gasteiger partial charge is 0.481 e. The Morgan fingerprint density at radius 2 is 2.22 bits per heavy atom. The predicted octanol–water partition coefficient (Wildman–Crippen LogP) is 1.09. The minimum atomic E-state index is 0.184. The summed E-state index contributed by atoms with van der Waals surface area (Å²) in [4.78, 5) is 4.12. The van der Waals surface area contributed by atoms with Crippen molar-refractivity contribution in [3.8, 4) is 5.88 Å². The molecule has 0 aliphatic carbocycles. The molecule has 0 saturated carbocycles. The van der Waals surface area contributed by atoms with Crippen LogP contribution in [0, 0.1) is 0 Å². The number of nitrogens with zero attached hydrogens (tertiary/aromatic N) is 1. The van der Waals surface area contributed by atoms with Crippen molar-refractivity contribution in [1.82, 2.24) is 15.6 Å². The van der Waals surface area contributed by atoms with Crippen LogP contribution in [0.15, 0.2) is 18.3 Å². The normalized spacial score (nSPS) is 11.7. The summed E-state index contributed by atoms with van der Waals surface area (Å²) in [7, 11) is 3.26. The Kier molecular flexibility index (Phi) is 6.38. The first-order chi connectivity index (χ1) is 8.65. The number of methoxy groups -OCH3 is 2. The highest BCUT2D eigenvalue weighted by Gasteiger charge is 2.03. The first-order valence-corrected chi connectivity index (χ1v) is 6.08. The van der Waals surface area contributed by atoms with E-state index >= 15 is 0 Å². The summed E-state index contributed by atoms with van der Waals surface area (Å²) in [5, 5.41) is 6.84.